The van der Waals surface area contributed by atoms with Gasteiger partial charge in [-0.2, -0.15) is 0 Å². The Bertz CT molecular complexity index is 576. The molecule has 6 heteroatoms. The van der Waals surface area contributed by atoms with Gasteiger partial charge in [0.05, 0.1) is 10.6 Å². The van der Waals surface area contributed by atoms with Gasteiger partial charge in [-0.3, -0.25) is 10.1 Å². The van der Waals surface area contributed by atoms with E-state index in [9.17, 15) is 10.1 Å². The van der Waals surface area contributed by atoms with Gasteiger partial charge >= 0.3 is 0 Å². The van der Waals surface area contributed by atoms with Gasteiger partial charge in [0.15, 0.2) is 5.76 Å². The van der Waals surface area contributed by atoms with Crippen LogP contribution in [-0.2, 0) is 6.54 Å². The van der Waals surface area contributed by atoms with Gasteiger partial charge in [0.2, 0.25) is 0 Å². The molecule has 0 unspecified atom stereocenters. The predicted molar refractivity (Wildman–Crippen MR) is 75.1 cm³/mol. The van der Waals surface area contributed by atoms with Gasteiger partial charge in [-0.15, -0.1) is 0 Å². The maximum absolute atomic E-state index is 10.6. The standard InChI is InChI=1S/C14H17N3O3/c1-10(2)8-15-9-12-7-14(20-16-12)11-3-5-13(6-4-11)17(18)19/h3-7,10,15H,8-9H2,1-2H3. The highest BCUT2D eigenvalue weighted by Gasteiger charge is 2.09. The van der Waals surface area contributed by atoms with Crippen molar-refractivity contribution >= 4 is 5.69 Å². The van der Waals surface area contributed by atoms with Gasteiger partial charge < -0.3 is 9.84 Å². The Hall–Kier alpha value is -2.21. The third kappa shape index (κ3) is 3.64. The molecule has 0 spiro atoms. The van der Waals surface area contributed by atoms with Gasteiger partial charge in [-0.1, -0.05) is 19.0 Å². The quantitative estimate of drug-likeness (QED) is 0.647. The molecule has 0 aliphatic heterocycles. The molecule has 0 fully saturated rings. The van der Waals surface area contributed by atoms with E-state index in [1.54, 1.807) is 12.1 Å². The van der Waals surface area contributed by atoms with Crippen molar-refractivity contribution in [3.05, 3.63) is 46.1 Å². The number of rotatable bonds is 6. The van der Waals surface area contributed by atoms with Crippen LogP contribution >= 0.6 is 0 Å². The minimum atomic E-state index is -0.425. The summed E-state index contributed by atoms with van der Waals surface area (Å²) >= 11 is 0. The fourth-order valence-electron chi connectivity index (χ4n) is 1.77. The molecule has 20 heavy (non-hydrogen) atoms. The van der Waals surface area contributed by atoms with Crippen LogP contribution in [0.5, 0.6) is 0 Å². The number of benzene rings is 1. The van der Waals surface area contributed by atoms with Crippen molar-refractivity contribution in [2.45, 2.75) is 20.4 Å². The Balaban J connectivity index is 2.02. The van der Waals surface area contributed by atoms with Crippen molar-refractivity contribution < 1.29 is 9.45 Å². The van der Waals surface area contributed by atoms with Gasteiger partial charge in [0.1, 0.15) is 0 Å². The smallest absolute Gasteiger partial charge is 0.269 e. The molecular weight excluding hydrogens is 258 g/mol. The Labute approximate surface area is 116 Å². The Morgan fingerprint density at radius 1 is 1.35 bits per heavy atom. The van der Waals surface area contributed by atoms with Crippen molar-refractivity contribution in [3.63, 3.8) is 0 Å². The minimum Gasteiger partial charge on any atom is -0.356 e. The molecule has 0 radical (unpaired) electrons. The highest BCUT2D eigenvalue weighted by molar-refractivity contribution is 5.59. The van der Waals surface area contributed by atoms with Crippen LogP contribution < -0.4 is 5.32 Å². The van der Waals surface area contributed by atoms with Crippen molar-refractivity contribution in [1.29, 1.82) is 0 Å². The van der Waals surface area contributed by atoms with Crippen LogP contribution in [0.15, 0.2) is 34.9 Å². The molecule has 1 N–H and O–H groups in total. The SMILES string of the molecule is CC(C)CNCc1cc(-c2ccc([N+](=O)[O-])cc2)on1. The van der Waals surface area contributed by atoms with E-state index in [0.29, 0.717) is 18.2 Å². The van der Waals surface area contributed by atoms with Crippen LogP contribution in [0.1, 0.15) is 19.5 Å². The summed E-state index contributed by atoms with van der Waals surface area (Å²) < 4.78 is 5.25. The minimum absolute atomic E-state index is 0.0621. The largest absolute Gasteiger partial charge is 0.356 e. The van der Waals surface area contributed by atoms with Crippen LogP contribution in [0, 0.1) is 16.0 Å². The zero-order valence-corrected chi connectivity index (χ0v) is 11.5. The molecular formula is C14H17N3O3. The lowest BCUT2D eigenvalue weighted by Crippen LogP contribution is -2.18. The lowest BCUT2D eigenvalue weighted by molar-refractivity contribution is -0.384. The third-order valence-electron chi connectivity index (χ3n) is 2.78. The summed E-state index contributed by atoms with van der Waals surface area (Å²) in [4.78, 5) is 10.2. The van der Waals surface area contributed by atoms with Crippen LogP contribution in [0.25, 0.3) is 11.3 Å². The van der Waals surface area contributed by atoms with Crippen LogP contribution in [0.3, 0.4) is 0 Å². The van der Waals surface area contributed by atoms with E-state index in [4.69, 9.17) is 4.52 Å². The summed E-state index contributed by atoms with van der Waals surface area (Å²) in [5.41, 5.74) is 1.66. The number of nitrogens with zero attached hydrogens (tertiary/aromatic N) is 2. The number of hydrogen-bond acceptors (Lipinski definition) is 5. The summed E-state index contributed by atoms with van der Waals surface area (Å²) in [6.45, 7) is 5.84. The van der Waals surface area contributed by atoms with E-state index in [1.807, 2.05) is 6.07 Å². The number of non-ortho nitro benzene ring substituents is 1. The molecule has 0 atom stereocenters. The maximum atomic E-state index is 10.6. The molecule has 2 aromatic rings. The van der Waals surface area contributed by atoms with Crippen LogP contribution in [0.2, 0.25) is 0 Å². The number of nitrogens with one attached hydrogen (secondary N) is 1. The normalized spacial score (nSPS) is 10.9. The second-order valence-corrected chi connectivity index (χ2v) is 5.01. The first kappa shape index (κ1) is 14.2. The van der Waals surface area contributed by atoms with E-state index in [0.717, 1.165) is 17.8 Å². The van der Waals surface area contributed by atoms with E-state index in [1.165, 1.54) is 12.1 Å². The van der Waals surface area contributed by atoms with Crippen molar-refractivity contribution in [1.82, 2.24) is 10.5 Å². The number of hydrogen-bond donors (Lipinski definition) is 1. The topological polar surface area (TPSA) is 81.2 Å². The molecule has 1 aromatic carbocycles. The molecule has 0 amide bonds. The monoisotopic (exact) mass is 275 g/mol. The maximum Gasteiger partial charge on any atom is 0.269 e. The Morgan fingerprint density at radius 2 is 2.05 bits per heavy atom. The number of nitro benzene ring substituents is 1. The fraction of sp³-hybridized carbons (Fsp3) is 0.357. The van der Waals surface area contributed by atoms with Gasteiger partial charge in [0, 0.05) is 30.3 Å². The Morgan fingerprint density at radius 3 is 2.65 bits per heavy atom. The number of nitro groups is 1. The van der Waals surface area contributed by atoms with Gasteiger partial charge in [-0.25, -0.2) is 0 Å². The van der Waals surface area contributed by atoms with Crippen LogP contribution in [-0.4, -0.2) is 16.6 Å². The lowest BCUT2D eigenvalue weighted by Gasteiger charge is -2.04. The fourth-order valence-corrected chi connectivity index (χ4v) is 1.77. The molecule has 106 valence electrons. The van der Waals surface area contributed by atoms with Crippen molar-refractivity contribution in [2.24, 2.45) is 5.92 Å². The molecule has 2 rings (SSSR count). The predicted octanol–water partition coefficient (Wildman–Crippen LogP) is 3.00. The summed E-state index contributed by atoms with van der Waals surface area (Å²) in [5, 5.41) is 17.8. The van der Waals surface area contributed by atoms with E-state index in [2.05, 4.69) is 24.3 Å². The molecule has 1 heterocycles. The first-order valence-electron chi connectivity index (χ1n) is 6.47. The van der Waals surface area contributed by atoms with Crippen LogP contribution in [0.4, 0.5) is 5.69 Å². The van der Waals surface area contributed by atoms with E-state index < -0.39 is 4.92 Å². The molecule has 0 saturated carbocycles. The molecule has 6 nitrogen and oxygen atoms in total. The van der Waals surface area contributed by atoms with E-state index in [-0.39, 0.29) is 5.69 Å². The zero-order valence-electron chi connectivity index (χ0n) is 11.5. The average Bonchev–Trinajstić information content (AvgIpc) is 2.87. The number of aromatic nitrogens is 1. The average molecular weight is 275 g/mol. The highest BCUT2D eigenvalue weighted by atomic mass is 16.6. The van der Waals surface area contributed by atoms with Gasteiger partial charge in [0.25, 0.3) is 5.69 Å². The zero-order chi connectivity index (χ0) is 14.5. The highest BCUT2D eigenvalue weighted by Crippen LogP contribution is 2.23. The lowest BCUT2D eigenvalue weighted by atomic mass is 10.1. The third-order valence-corrected chi connectivity index (χ3v) is 2.78. The first-order valence-corrected chi connectivity index (χ1v) is 6.47. The first-order chi connectivity index (χ1) is 9.56. The summed E-state index contributed by atoms with van der Waals surface area (Å²) in [5.74, 6) is 1.19. The summed E-state index contributed by atoms with van der Waals surface area (Å²) in [6, 6.07) is 8.06. The van der Waals surface area contributed by atoms with Crippen molar-refractivity contribution in [2.75, 3.05) is 6.54 Å². The van der Waals surface area contributed by atoms with Crippen molar-refractivity contribution in [3.8, 4) is 11.3 Å². The van der Waals surface area contributed by atoms with E-state index >= 15 is 0 Å². The molecule has 0 aliphatic carbocycles. The summed E-state index contributed by atoms with van der Waals surface area (Å²) in [6.07, 6.45) is 0. The molecule has 1 aromatic heterocycles. The molecule has 0 bridgehead atoms. The molecule has 0 aliphatic rings. The second kappa shape index (κ2) is 6.29. The second-order valence-electron chi connectivity index (χ2n) is 5.01. The summed E-state index contributed by atoms with van der Waals surface area (Å²) in [7, 11) is 0. The van der Waals surface area contributed by atoms with Gasteiger partial charge in [-0.05, 0) is 24.6 Å². The molecule has 0 saturated heterocycles. The Kier molecular flexibility index (Phi) is 4.47.